The number of unbranched alkanes of at least 4 members (excludes halogenated alkanes) is 1. The van der Waals surface area contributed by atoms with Crippen LogP contribution in [0.2, 0.25) is 0 Å². The van der Waals surface area contributed by atoms with Crippen LogP contribution in [0, 0.1) is 24.5 Å². The summed E-state index contributed by atoms with van der Waals surface area (Å²) in [5.41, 5.74) is 4.84. The molecule has 162 valence electrons. The van der Waals surface area contributed by atoms with Crippen LogP contribution in [0.3, 0.4) is 0 Å². The Hall–Kier alpha value is -1.49. The summed E-state index contributed by atoms with van der Waals surface area (Å²) in [6.45, 7) is 16.2. The van der Waals surface area contributed by atoms with E-state index in [1.54, 1.807) is 0 Å². The van der Waals surface area contributed by atoms with Gasteiger partial charge in [-0.25, -0.2) is 8.78 Å². The maximum Gasteiger partial charge on any atom is 0.308 e. The van der Waals surface area contributed by atoms with Gasteiger partial charge in [0.05, 0.1) is 12.5 Å². The lowest BCUT2D eigenvalue weighted by molar-refractivity contribution is -0.147. The fourth-order valence-electron chi connectivity index (χ4n) is 1.45. The number of halogens is 2. The Balaban J connectivity index is -0.000000143. The van der Waals surface area contributed by atoms with E-state index in [1.807, 2.05) is 27.7 Å². The number of nitrogens with two attached hydrogens (primary N) is 1. The normalized spacial score (nSPS) is 9.48. The van der Waals surface area contributed by atoms with Gasteiger partial charge in [-0.2, -0.15) is 0 Å². The third kappa shape index (κ3) is 22.5. The maximum atomic E-state index is 12.4. The highest BCUT2D eigenvalue weighted by molar-refractivity contribution is 5.71. The molecule has 0 heterocycles. The minimum atomic E-state index is -0.782. The van der Waals surface area contributed by atoms with Crippen LogP contribution in [-0.4, -0.2) is 19.6 Å². The first-order valence-electron chi connectivity index (χ1n) is 10.00. The van der Waals surface area contributed by atoms with E-state index in [9.17, 15) is 13.6 Å². The van der Waals surface area contributed by atoms with Gasteiger partial charge in [0.2, 0.25) is 0 Å². The molecule has 0 radical (unpaired) electrons. The van der Waals surface area contributed by atoms with Crippen molar-refractivity contribution in [2.75, 3.05) is 13.7 Å². The first kappa shape index (κ1) is 33.1. The zero-order valence-corrected chi connectivity index (χ0v) is 19.0. The molecule has 0 spiro atoms. The van der Waals surface area contributed by atoms with Crippen LogP contribution in [0.1, 0.15) is 79.7 Å². The average Bonchev–Trinajstić information content (AvgIpc) is 2.70. The second-order valence-electron chi connectivity index (χ2n) is 5.31. The van der Waals surface area contributed by atoms with Crippen molar-refractivity contribution in [3.05, 3.63) is 35.4 Å². The number of ether oxygens (including phenoxy) is 1. The van der Waals surface area contributed by atoms with Crippen molar-refractivity contribution < 1.29 is 18.3 Å². The Kier molecular flexibility index (Phi) is 32.8. The van der Waals surface area contributed by atoms with Gasteiger partial charge in [-0.1, -0.05) is 72.9 Å². The number of aryl methyl sites for hydroxylation is 1. The molecule has 0 fully saturated rings. The summed E-state index contributed by atoms with van der Waals surface area (Å²) in [6.07, 6.45) is 4.61. The van der Waals surface area contributed by atoms with Gasteiger partial charge < -0.3 is 10.5 Å². The van der Waals surface area contributed by atoms with Gasteiger partial charge in [-0.3, -0.25) is 4.79 Å². The summed E-state index contributed by atoms with van der Waals surface area (Å²) in [5.74, 6) is -1.53. The van der Waals surface area contributed by atoms with Gasteiger partial charge in [-0.05, 0) is 38.9 Å². The van der Waals surface area contributed by atoms with Gasteiger partial charge >= 0.3 is 5.97 Å². The third-order valence-electron chi connectivity index (χ3n) is 3.06. The van der Waals surface area contributed by atoms with Crippen LogP contribution in [0.15, 0.2) is 18.2 Å². The molecule has 0 saturated heterocycles. The molecule has 0 saturated carbocycles. The molecule has 0 aliphatic carbocycles. The maximum absolute atomic E-state index is 12.4. The summed E-state index contributed by atoms with van der Waals surface area (Å²) in [7, 11) is 1.50. The molecule has 0 bridgehead atoms. The second-order valence-corrected chi connectivity index (χ2v) is 5.31. The highest BCUT2D eigenvalue weighted by atomic mass is 19.2. The molecule has 1 aromatic rings. The molecule has 0 aromatic heterocycles. The van der Waals surface area contributed by atoms with E-state index in [-0.39, 0.29) is 11.9 Å². The van der Waals surface area contributed by atoms with E-state index >= 15 is 0 Å². The number of hydrogen-bond donors (Lipinski definition) is 1. The summed E-state index contributed by atoms with van der Waals surface area (Å²) in [4.78, 5) is 10.9. The Bertz CT molecular complexity index is 405. The molecule has 1 atom stereocenters. The molecule has 1 unspecified atom stereocenters. The third-order valence-corrected chi connectivity index (χ3v) is 3.06. The second kappa shape index (κ2) is 26.7. The SMILES string of the molecule is CC.CCCC.CCCC(C)C(=O)OCC.CN.Cc1cccc(F)c1F. The number of carbonyl (C=O) groups is 1. The summed E-state index contributed by atoms with van der Waals surface area (Å²) in [5, 5.41) is 0. The van der Waals surface area contributed by atoms with Gasteiger partial charge in [0, 0.05) is 0 Å². The number of rotatable bonds is 5. The van der Waals surface area contributed by atoms with Gasteiger partial charge in [-0.15, -0.1) is 0 Å². The van der Waals surface area contributed by atoms with E-state index in [4.69, 9.17) is 4.74 Å². The van der Waals surface area contributed by atoms with E-state index < -0.39 is 11.6 Å². The zero-order chi connectivity index (χ0) is 22.3. The quantitative estimate of drug-likeness (QED) is 0.570. The lowest BCUT2D eigenvalue weighted by Crippen LogP contribution is -2.14. The highest BCUT2D eigenvalue weighted by Gasteiger charge is 2.11. The van der Waals surface area contributed by atoms with Crippen LogP contribution < -0.4 is 5.73 Å². The first-order valence-corrected chi connectivity index (χ1v) is 10.00. The predicted molar refractivity (Wildman–Crippen MR) is 114 cm³/mol. The number of hydrogen-bond acceptors (Lipinski definition) is 3. The van der Waals surface area contributed by atoms with Crippen LogP contribution >= 0.6 is 0 Å². The molecule has 5 heteroatoms. The van der Waals surface area contributed by atoms with Gasteiger partial charge in [0.15, 0.2) is 11.6 Å². The van der Waals surface area contributed by atoms with E-state index in [0.29, 0.717) is 12.2 Å². The lowest BCUT2D eigenvalue weighted by Gasteiger charge is -2.07. The van der Waals surface area contributed by atoms with Crippen molar-refractivity contribution in [1.82, 2.24) is 0 Å². The van der Waals surface area contributed by atoms with Crippen LogP contribution in [0.4, 0.5) is 8.78 Å². The van der Waals surface area contributed by atoms with Crippen LogP contribution in [-0.2, 0) is 9.53 Å². The Morgan fingerprint density at radius 3 is 1.81 bits per heavy atom. The molecular formula is C22H43F2NO2. The van der Waals surface area contributed by atoms with E-state index in [0.717, 1.165) is 18.9 Å². The van der Waals surface area contributed by atoms with Crippen molar-refractivity contribution in [2.24, 2.45) is 11.7 Å². The van der Waals surface area contributed by atoms with Crippen molar-refractivity contribution in [1.29, 1.82) is 0 Å². The predicted octanol–water partition coefficient (Wildman–Crippen LogP) is 6.67. The fraction of sp³-hybridized carbons (Fsp3) is 0.682. The van der Waals surface area contributed by atoms with E-state index in [1.165, 1.54) is 38.9 Å². The zero-order valence-electron chi connectivity index (χ0n) is 19.0. The average molecular weight is 392 g/mol. The van der Waals surface area contributed by atoms with Crippen molar-refractivity contribution in [3.8, 4) is 0 Å². The monoisotopic (exact) mass is 391 g/mol. The smallest absolute Gasteiger partial charge is 0.308 e. The molecule has 0 aliphatic heterocycles. The first-order chi connectivity index (χ1) is 12.8. The Labute approximate surface area is 166 Å². The highest BCUT2D eigenvalue weighted by Crippen LogP contribution is 2.08. The van der Waals surface area contributed by atoms with Crippen LogP contribution in [0.25, 0.3) is 0 Å². The lowest BCUT2D eigenvalue weighted by atomic mass is 10.1. The Morgan fingerprint density at radius 1 is 1.04 bits per heavy atom. The molecule has 1 aromatic carbocycles. The number of carbonyl (C=O) groups excluding carboxylic acids is 1. The summed E-state index contributed by atoms with van der Waals surface area (Å²) >= 11 is 0. The molecule has 3 nitrogen and oxygen atoms in total. The van der Waals surface area contributed by atoms with Gasteiger partial charge in [0.1, 0.15) is 0 Å². The minimum Gasteiger partial charge on any atom is -0.466 e. The number of esters is 1. The van der Waals surface area contributed by atoms with Gasteiger partial charge in [0.25, 0.3) is 0 Å². The molecule has 27 heavy (non-hydrogen) atoms. The number of benzene rings is 1. The Morgan fingerprint density at radius 2 is 1.52 bits per heavy atom. The topological polar surface area (TPSA) is 52.3 Å². The van der Waals surface area contributed by atoms with Crippen molar-refractivity contribution in [2.45, 2.75) is 81.1 Å². The summed E-state index contributed by atoms with van der Waals surface area (Å²) < 4.78 is 29.4. The molecule has 2 N–H and O–H groups in total. The van der Waals surface area contributed by atoms with E-state index in [2.05, 4.69) is 26.5 Å². The molecular weight excluding hydrogens is 348 g/mol. The molecule has 0 aliphatic rings. The van der Waals surface area contributed by atoms with Crippen LogP contribution in [0.5, 0.6) is 0 Å². The fourth-order valence-corrected chi connectivity index (χ4v) is 1.45. The summed E-state index contributed by atoms with van der Waals surface area (Å²) in [6, 6.07) is 4.11. The molecule has 0 amide bonds. The largest absolute Gasteiger partial charge is 0.466 e. The minimum absolute atomic E-state index is 0.0654. The van der Waals surface area contributed by atoms with Crippen molar-refractivity contribution >= 4 is 5.97 Å². The van der Waals surface area contributed by atoms with Crippen molar-refractivity contribution in [3.63, 3.8) is 0 Å². The molecule has 1 rings (SSSR count). The standard InChI is InChI=1S/C8H16O2.C7H6F2.C4H10.C2H6.CH5N/c1-4-6-7(3)8(9)10-5-2;1-5-3-2-4-6(8)7(5)9;1-3-4-2;2*1-2/h7H,4-6H2,1-3H3;2-4H,1H3;3-4H2,1-2H3;1-2H3;2H2,1H3.